The van der Waals surface area contributed by atoms with Crippen LogP contribution in [0.5, 0.6) is 5.75 Å². The Morgan fingerprint density at radius 2 is 1.73 bits per heavy atom. The van der Waals surface area contributed by atoms with E-state index in [2.05, 4.69) is 5.32 Å². The van der Waals surface area contributed by atoms with Crippen molar-refractivity contribution < 1.29 is 29.0 Å². The van der Waals surface area contributed by atoms with E-state index < -0.39 is 24.0 Å². The third-order valence-electron chi connectivity index (χ3n) is 4.80. The van der Waals surface area contributed by atoms with E-state index in [1.807, 2.05) is 0 Å². The Morgan fingerprint density at radius 3 is 2.27 bits per heavy atom. The van der Waals surface area contributed by atoms with Crippen LogP contribution in [0, 0.1) is 0 Å². The molecule has 156 valence electrons. The van der Waals surface area contributed by atoms with Crippen LogP contribution in [0.3, 0.4) is 0 Å². The molecule has 2 amide bonds. The predicted molar refractivity (Wildman–Crippen MR) is 109 cm³/mol. The minimum absolute atomic E-state index is 0.0968. The van der Waals surface area contributed by atoms with Crippen molar-refractivity contribution >= 4 is 23.7 Å². The molecular weight excluding hydrogens is 388 g/mol. The number of methoxy groups -OCH3 is 1. The first-order chi connectivity index (χ1) is 14.4. The average molecular weight is 410 g/mol. The van der Waals surface area contributed by atoms with Crippen molar-refractivity contribution in [1.29, 1.82) is 0 Å². The highest BCUT2D eigenvalue weighted by molar-refractivity contribution is 6.03. The van der Waals surface area contributed by atoms with Crippen molar-refractivity contribution in [1.82, 2.24) is 5.32 Å². The molecule has 0 bridgehead atoms. The number of ether oxygens (including phenoxy) is 2. The maximum absolute atomic E-state index is 12.9. The Bertz CT molecular complexity index is 995. The number of esters is 1. The van der Waals surface area contributed by atoms with E-state index in [0.29, 0.717) is 28.3 Å². The maximum Gasteiger partial charge on any atom is 0.338 e. The molecule has 2 aromatic rings. The summed E-state index contributed by atoms with van der Waals surface area (Å²) in [5, 5.41) is 11.9. The molecule has 8 heteroatoms. The number of carboxylic acids is 1. The standard InChI is InChI=1S/C22H22N2O6/c1-4-30-21(27)18-13(2)24(16-9-5-15(6-10-16)20(25)26)22(28)23-19(18)14-7-11-17(29-3)12-8-14/h5-12,19H,4H2,1-3H3,(H,23,28)(H,25,26)/t19-/m0/s1. The highest BCUT2D eigenvalue weighted by Crippen LogP contribution is 2.34. The van der Waals surface area contributed by atoms with Crippen LogP contribution >= 0.6 is 0 Å². The lowest BCUT2D eigenvalue weighted by atomic mass is 9.94. The normalized spacial score (nSPS) is 16.2. The summed E-state index contributed by atoms with van der Waals surface area (Å²) in [5.74, 6) is -0.953. The molecule has 0 unspecified atom stereocenters. The van der Waals surface area contributed by atoms with E-state index in [1.54, 1.807) is 45.2 Å². The van der Waals surface area contributed by atoms with Gasteiger partial charge < -0.3 is 19.9 Å². The molecule has 1 aliphatic heterocycles. The number of carboxylic acid groups (broad SMARTS) is 1. The van der Waals surface area contributed by atoms with E-state index in [1.165, 1.54) is 29.2 Å². The number of hydrogen-bond donors (Lipinski definition) is 2. The van der Waals surface area contributed by atoms with Crippen LogP contribution in [0.4, 0.5) is 10.5 Å². The lowest BCUT2D eigenvalue weighted by molar-refractivity contribution is -0.139. The third-order valence-corrected chi connectivity index (χ3v) is 4.80. The molecule has 0 spiro atoms. The molecule has 8 nitrogen and oxygen atoms in total. The second kappa shape index (κ2) is 8.69. The quantitative estimate of drug-likeness (QED) is 0.706. The predicted octanol–water partition coefficient (Wildman–Crippen LogP) is 3.50. The number of benzene rings is 2. The summed E-state index contributed by atoms with van der Waals surface area (Å²) >= 11 is 0. The minimum atomic E-state index is -1.07. The number of nitrogens with zero attached hydrogens (tertiary/aromatic N) is 1. The molecule has 0 radical (unpaired) electrons. The van der Waals surface area contributed by atoms with Gasteiger partial charge in [-0.1, -0.05) is 12.1 Å². The zero-order valence-electron chi connectivity index (χ0n) is 16.8. The first-order valence-electron chi connectivity index (χ1n) is 9.33. The zero-order chi connectivity index (χ0) is 21.8. The van der Waals surface area contributed by atoms with E-state index in [9.17, 15) is 14.4 Å². The number of carbonyl (C=O) groups excluding carboxylic acids is 2. The summed E-state index contributed by atoms with van der Waals surface area (Å²) in [6.07, 6.45) is 0. The van der Waals surface area contributed by atoms with Crippen molar-refractivity contribution in [3.63, 3.8) is 0 Å². The number of anilines is 1. The number of rotatable bonds is 6. The van der Waals surface area contributed by atoms with Crippen molar-refractivity contribution in [2.75, 3.05) is 18.6 Å². The summed E-state index contributed by atoms with van der Waals surface area (Å²) in [6.45, 7) is 3.55. The summed E-state index contributed by atoms with van der Waals surface area (Å²) in [5.41, 5.74) is 1.93. The van der Waals surface area contributed by atoms with Gasteiger partial charge in [0, 0.05) is 5.70 Å². The van der Waals surface area contributed by atoms with E-state index in [-0.39, 0.29) is 12.2 Å². The topological polar surface area (TPSA) is 105 Å². The van der Waals surface area contributed by atoms with Gasteiger partial charge in [-0.15, -0.1) is 0 Å². The Hall–Kier alpha value is -3.81. The molecule has 0 aliphatic carbocycles. The van der Waals surface area contributed by atoms with Crippen molar-refractivity contribution in [2.45, 2.75) is 19.9 Å². The first-order valence-corrected chi connectivity index (χ1v) is 9.33. The number of urea groups is 1. The molecule has 2 aromatic carbocycles. The van der Waals surface area contributed by atoms with E-state index >= 15 is 0 Å². The fourth-order valence-corrected chi connectivity index (χ4v) is 3.33. The number of carbonyl (C=O) groups is 3. The lowest BCUT2D eigenvalue weighted by Gasteiger charge is -2.35. The maximum atomic E-state index is 12.9. The second-order valence-corrected chi connectivity index (χ2v) is 6.56. The van der Waals surface area contributed by atoms with Gasteiger partial charge in [-0.3, -0.25) is 4.90 Å². The third kappa shape index (κ3) is 3.98. The summed E-state index contributed by atoms with van der Waals surface area (Å²) in [4.78, 5) is 38.2. The van der Waals surface area contributed by atoms with Gasteiger partial charge in [0.2, 0.25) is 0 Å². The summed E-state index contributed by atoms with van der Waals surface area (Å²) in [7, 11) is 1.55. The molecule has 1 atom stereocenters. The van der Waals surface area contributed by atoms with Crippen LogP contribution in [0.1, 0.15) is 35.8 Å². The smallest absolute Gasteiger partial charge is 0.338 e. The van der Waals surface area contributed by atoms with Gasteiger partial charge in [0.15, 0.2) is 0 Å². The lowest BCUT2D eigenvalue weighted by Crippen LogP contribution is -2.48. The molecule has 30 heavy (non-hydrogen) atoms. The van der Waals surface area contributed by atoms with Crippen molar-refractivity contribution in [2.24, 2.45) is 0 Å². The van der Waals surface area contributed by atoms with Crippen LogP contribution in [-0.2, 0) is 9.53 Å². The van der Waals surface area contributed by atoms with Crippen LogP contribution in [-0.4, -0.2) is 36.8 Å². The molecule has 0 aromatic heterocycles. The molecule has 0 fully saturated rings. The Balaban J connectivity index is 2.07. The Kier molecular flexibility index (Phi) is 6.06. The Morgan fingerprint density at radius 1 is 1.10 bits per heavy atom. The van der Waals surface area contributed by atoms with E-state index in [4.69, 9.17) is 14.6 Å². The van der Waals surface area contributed by atoms with Crippen LogP contribution in [0.2, 0.25) is 0 Å². The number of aromatic carboxylic acids is 1. The highest BCUT2D eigenvalue weighted by Gasteiger charge is 2.37. The SMILES string of the molecule is CCOC(=O)C1=C(C)N(c2ccc(C(=O)O)cc2)C(=O)N[C@H]1c1ccc(OC)cc1. The summed E-state index contributed by atoms with van der Waals surface area (Å²) in [6, 6.07) is 11.7. The van der Waals surface area contributed by atoms with Gasteiger partial charge in [-0.2, -0.15) is 0 Å². The molecule has 1 heterocycles. The van der Waals surface area contributed by atoms with Gasteiger partial charge >= 0.3 is 18.0 Å². The van der Waals surface area contributed by atoms with Crippen LogP contribution in [0.25, 0.3) is 0 Å². The largest absolute Gasteiger partial charge is 0.497 e. The summed E-state index contributed by atoms with van der Waals surface area (Å²) < 4.78 is 10.4. The number of amides is 2. The molecule has 3 rings (SSSR count). The molecule has 0 saturated carbocycles. The van der Waals surface area contributed by atoms with E-state index in [0.717, 1.165) is 0 Å². The van der Waals surface area contributed by atoms with Gasteiger partial charge in [-0.25, -0.2) is 14.4 Å². The first kappa shape index (κ1) is 20.9. The number of nitrogens with one attached hydrogen (secondary N) is 1. The number of allylic oxidation sites excluding steroid dienone is 1. The van der Waals surface area contributed by atoms with Crippen LogP contribution < -0.4 is 15.0 Å². The van der Waals surface area contributed by atoms with Crippen molar-refractivity contribution in [3.05, 3.63) is 70.9 Å². The highest BCUT2D eigenvalue weighted by atomic mass is 16.5. The van der Waals surface area contributed by atoms with Gasteiger partial charge in [-0.05, 0) is 55.8 Å². The minimum Gasteiger partial charge on any atom is -0.497 e. The van der Waals surface area contributed by atoms with Crippen LogP contribution in [0.15, 0.2) is 59.8 Å². The molecule has 0 saturated heterocycles. The molecule has 1 aliphatic rings. The molecule has 2 N–H and O–H groups in total. The van der Waals surface area contributed by atoms with Gasteiger partial charge in [0.05, 0.1) is 36.6 Å². The second-order valence-electron chi connectivity index (χ2n) is 6.56. The van der Waals surface area contributed by atoms with Gasteiger partial charge in [0.25, 0.3) is 0 Å². The fourth-order valence-electron chi connectivity index (χ4n) is 3.33. The van der Waals surface area contributed by atoms with Crippen molar-refractivity contribution in [3.8, 4) is 5.75 Å². The zero-order valence-corrected chi connectivity index (χ0v) is 16.8. The number of hydrogen-bond acceptors (Lipinski definition) is 5. The van der Waals surface area contributed by atoms with Gasteiger partial charge in [0.1, 0.15) is 5.75 Å². The molecular formula is C22H22N2O6. The monoisotopic (exact) mass is 410 g/mol. The average Bonchev–Trinajstić information content (AvgIpc) is 2.74. The Labute approximate surface area is 173 Å². The fraction of sp³-hybridized carbons (Fsp3) is 0.227.